The lowest BCUT2D eigenvalue weighted by Crippen LogP contribution is -2.29. The van der Waals surface area contributed by atoms with Gasteiger partial charge in [0.25, 0.3) is 0 Å². The minimum atomic E-state index is 0.669. The highest BCUT2D eigenvalue weighted by atomic mass is 32.2. The molecule has 0 aromatic rings. The van der Waals surface area contributed by atoms with Crippen LogP contribution in [0.4, 0.5) is 0 Å². The fourth-order valence-corrected chi connectivity index (χ4v) is 2.24. The van der Waals surface area contributed by atoms with E-state index in [2.05, 4.69) is 32.0 Å². The number of nitrogens with zero attached hydrogens (tertiary/aromatic N) is 1. The monoisotopic (exact) mass is 171 g/mol. The van der Waals surface area contributed by atoms with E-state index in [1.54, 1.807) is 11.1 Å². The van der Waals surface area contributed by atoms with E-state index in [-0.39, 0.29) is 0 Å². The summed E-state index contributed by atoms with van der Waals surface area (Å²) in [6, 6.07) is 0.669. The van der Waals surface area contributed by atoms with Gasteiger partial charge in [0.2, 0.25) is 0 Å². The fourth-order valence-electron chi connectivity index (χ4n) is 1.05. The number of rotatable bonds is 1. The van der Waals surface area contributed by atoms with Crippen LogP contribution in [-0.4, -0.2) is 22.6 Å². The third-order valence-electron chi connectivity index (χ3n) is 2.14. The van der Waals surface area contributed by atoms with Gasteiger partial charge in [-0.3, -0.25) is 0 Å². The summed E-state index contributed by atoms with van der Waals surface area (Å²) in [6.07, 6.45) is 0. The van der Waals surface area contributed by atoms with Gasteiger partial charge in [-0.15, -0.1) is 0 Å². The molecule has 0 aliphatic carbocycles. The van der Waals surface area contributed by atoms with Crippen LogP contribution in [0.5, 0.6) is 0 Å². The fraction of sp³-hybridized carbons (Fsp3) is 0.778. The molecule has 1 heterocycles. The first kappa shape index (κ1) is 9.14. The number of hydrogen-bond donors (Lipinski definition) is 0. The summed E-state index contributed by atoms with van der Waals surface area (Å²) in [6.45, 7) is 10.1. The van der Waals surface area contributed by atoms with Crippen molar-refractivity contribution in [3.8, 4) is 0 Å². The topological polar surface area (TPSA) is 3.24 Å². The largest absolute Gasteiger partial charge is 0.244 e. The zero-order valence-electron chi connectivity index (χ0n) is 7.85. The summed E-state index contributed by atoms with van der Waals surface area (Å²) in [5.41, 5.74) is 3.12. The molecule has 0 saturated heterocycles. The normalized spacial score (nSPS) is 21.5. The van der Waals surface area contributed by atoms with Crippen molar-refractivity contribution >= 4 is 11.9 Å². The molecule has 1 rings (SSSR count). The summed E-state index contributed by atoms with van der Waals surface area (Å²) in [5, 5.41) is 0. The van der Waals surface area contributed by atoms with E-state index in [0.29, 0.717) is 6.04 Å². The van der Waals surface area contributed by atoms with E-state index in [9.17, 15) is 0 Å². The average molecular weight is 171 g/mol. The van der Waals surface area contributed by atoms with Crippen LogP contribution in [0.25, 0.3) is 0 Å². The molecule has 0 bridgehead atoms. The van der Waals surface area contributed by atoms with Crippen molar-refractivity contribution in [1.29, 1.82) is 0 Å². The molecule has 1 aliphatic rings. The van der Waals surface area contributed by atoms with Crippen LogP contribution in [0.3, 0.4) is 0 Å². The maximum absolute atomic E-state index is 2.45. The van der Waals surface area contributed by atoms with Gasteiger partial charge in [-0.2, -0.15) is 0 Å². The van der Waals surface area contributed by atoms with Crippen LogP contribution >= 0.6 is 11.9 Å². The molecule has 0 unspecified atom stereocenters. The molecule has 0 spiro atoms. The Kier molecular flexibility index (Phi) is 3.02. The van der Waals surface area contributed by atoms with Crippen LogP contribution in [0.15, 0.2) is 11.1 Å². The first-order valence-electron chi connectivity index (χ1n) is 4.16. The van der Waals surface area contributed by atoms with Crippen molar-refractivity contribution in [1.82, 2.24) is 4.31 Å². The van der Waals surface area contributed by atoms with Gasteiger partial charge >= 0.3 is 0 Å². The van der Waals surface area contributed by atoms with Crippen molar-refractivity contribution in [2.75, 3.05) is 12.3 Å². The smallest absolute Gasteiger partial charge is 0.0303 e. The molecule has 11 heavy (non-hydrogen) atoms. The first-order valence-corrected chi connectivity index (χ1v) is 5.10. The highest BCUT2D eigenvalue weighted by Crippen LogP contribution is 2.25. The zero-order chi connectivity index (χ0) is 8.43. The van der Waals surface area contributed by atoms with Crippen LogP contribution in [0, 0.1) is 0 Å². The molecule has 2 heteroatoms. The van der Waals surface area contributed by atoms with Gasteiger partial charge in [0, 0.05) is 18.3 Å². The van der Waals surface area contributed by atoms with Crippen molar-refractivity contribution in [2.45, 2.75) is 33.7 Å². The molecule has 64 valence electrons. The Morgan fingerprint density at radius 2 is 1.91 bits per heavy atom. The maximum atomic E-state index is 2.45. The summed E-state index contributed by atoms with van der Waals surface area (Å²) >= 11 is 1.96. The highest BCUT2D eigenvalue weighted by Gasteiger charge is 2.16. The van der Waals surface area contributed by atoms with E-state index in [1.165, 1.54) is 5.75 Å². The second-order valence-corrected chi connectivity index (χ2v) is 4.52. The third-order valence-corrected chi connectivity index (χ3v) is 3.59. The molecular weight excluding hydrogens is 154 g/mol. The predicted molar refractivity (Wildman–Crippen MR) is 52.7 cm³/mol. The average Bonchev–Trinajstić information content (AvgIpc) is 1.94. The van der Waals surface area contributed by atoms with Gasteiger partial charge in [-0.25, -0.2) is 4.31 Å². The van der Waals surface area contributed by atoms with Gasteiger partial charge in [0.1, 0.15) is 0 Å². The number of hydrogen-bond acceptors (Lipinski definition) is 2. The molecule has 0 N–H and O–H groups in total. The van der Waals surface area contributed by atoms with E-state index in [1.807, 2.05) is 11.9 Å². The molecule has 1 nitrogen and oxygen atoms in total. The summed E-state index contributed by atoms with van der Waals surface area (Å²) in [4.78, 5) is 0. The van der Waals surface area contributed by atoms with Crippen molar-refractivity contribution in [3.05, 3.63) is 11.1 Å². The van der Waals surface area contributed by atoms with Crippen LogP contribution in [-0.2, 0) is 0 Å². The Morgan fingerprint density at radius 3 is 2.36 bits per heavy atom. The van der Waals surface area contributed by atoms with Crippen LogP contribution in [0.1, 0.15) is 27.7 Å². The molecular formula is C9H17NS. The Morgan fingerprint density at radius 1 is 1.27 bits per heavy atom. The quantitative estimate of drug-likeness (QED) is 0.441. The molecule has 1 aliphatic heterocycles. The minimum absolute atomic E-state index is 0.669. The van der Waals surface area contributed by atoms with Crippen molar-refractivity contribution in [2.24, 2.45) is 0 Å². The SMILES string of the molecule is CC1=C(C)CN(C(C)C)SC1. The van der Waals surface area contributed by atoms with Gasteiger partial charge in [-0.05, 0) is 27.7 Å². The molecule has 0 saturated carbocycles. The lowest BCUT2D eigenvalue weighted by atomic mass is 10.1. The van der Waals surface area contributed by atoms with E-state index in [0.717, 1.165) is 6.54 Å². The van der Waals surface area contributed by atoms with Gasteiger partial charge in [0.05, 0.1) is 0 Å². The zero-order valence-corrected chi connectivity index (χ0v) is 8.66. The Bertz CT molecular complexity index is 172. The van der Waals surface area contributed by atoms with E-state index < -0.39 is 0 Å². The molecule has 0 radical (unpaired) electrons. The molecule has 0 amide bonds. The summed E-state index contributed by atoms with van der Waals surface area (Å²) in [5.74, 6) is 1.18. The second-order valence-electron chi connectivity index (χ2n) is 3.50. The Hall–Kier alpha value is 0.0500. The molecule has 0 atom stereocenters. The van der Waals surface area contributed by atoms with Gasteiger partial charge in [0.15, 0.2) is 0 Å². The summed E-state index contributed by atoms with van der Waals surface area (Å²) < 4.78 is 2.45. The van der Waals surface area contributed by atoms with Crippen molar-refractivity contribution in [3.63, 3.8) is 0 Å². The lowest BCUT2D eigenvalue weighted by molar-refractivity contribution is 0.419. The molecule has 0 aromatic heterocycles. The van der Waals surface area contributed by atoms with Gasteiger partial charge in [-0.1, -0.05) is 23.1 Å². The first-order chi connectivity index (χ1) is 5.11. The van der Waals surface area contributed by atoms with Gasteiger partial charge < -0.3 is 0 Å². The minimum Gasteiger partial charge on any atom is -0.244 e. The highest BCUT2D eigenvalue weighted by molar-refractivity contribution is 7.97. The molecule has 0 aromatic carbocycles. The van der Waals surface area contributed by atoms with Crippen LogP contribution in [0.2, 0.25) is 0 Å². The van der Waals surface area contributed by atoms with E-state index in [4.69, 9.17) is 0 Å². The Balaban J connectivity index is 2.57. The predicted octanol–water partition coefficient (Wildman–Crippen LogP) is 2.70. The van der Waals surface area contributed by atoms with Crippen molar-refractivity contribution < 1.29 is 0 Å². The third kappa shape index (κ3) is 2.24. The second kappa shape index (κ2) is 3.63. The summed E-state index contributed by atoms with van der Waals surface area (Å²) in [7, 11) is 0. The van der Waals surface area contributed by atoms with E-state index >= 15 is 0 Å². The molecule has 0 fully saturated rings. The standard InChI is InChI=1S/C9H17NS/c1-7(2)10-5-8(3)9(4)6-11-10/h7H,5-6H2,1-4H3. The van der Waals surface area contributed by atoms with Crippen LogP contribution < -0.4 is 0 Å². The Labute approximate surface area is 74.0 Å². The lowest BCUT2D eigenvalue weighted by Gasteiger charge is -2.30. The maximum Gasteiger partial charge on any atom is 0.0303 e.